The molecule has 0 spiro atoms. The van der Waals surface area contributed by atoms with Gasteiger partial charge in [0.1, 0.15) is 0 Å². The fourth-order valence-electron chi connectivity index (χ4n) is 1.31. The first-order chi connectivity index (χ1) is 9.22. The van der Waals surface area contributed by atoms with Crippen molar-refractivity contribution in [3.05, 3.63) is 21.8 Å². The number of aromatic nitrogens is 6. The number of rotatable bonds is 4. The predicted molar refractivity (Wildman–Crippen MR) is 73.7 cm³/mol. The monoisotopic (exact) mass is 358 g/mol. The Labute approximate surface area is 124 Å². The van der Waals surface area contributed by atoms with E-state index >= 15 is 0 Å². The van der Waals surface area contributed by atoms with Crippen molar-refractivity contribution >= 4 is 39.0 Å². The molecule has 98 valence electrons. The molecule has 0 amide bonds. The molecule has 19 heavy (non-hydrogen) atoms. The fraction of sp³-hybridized carbons (Fsp3) is 0.222. The zero-order valence-electron chi connectivity index (χ0n) is 9.65. The Hall–Kier alpha value is -1.26. The lowest BCUT2D eigenvalue weighted by molar-refractivity contribution is 0.529. The van der Waals surface area contributed by atoms with Gasteiger partial charge >= 0.3 is 0 Å². The van der Waals surface area contributed by atoms with Crippen molar-refractivity contribution in [2.45, 2.75) is 10.9 Å². The quantitative estimate of drug-likeness (QED) is 0.662. The highest BCUT2D eigenvalue weighted by Crippen LogP contribution is 2.31. The summed E-state index contributed by atoms with van der Waals surface area (Å²) in [6.07, 6.45) is 0. The lowest BCUT2D eigenvalue weighted by Gasteiger charge is -1.94. The van der Waals surface area contributed by atoms with Crippen LogP contribution < -0.4 is 0 Å². The molecule has 3 heterocycles. The van der Waals surface area contributed by atoms with Gasteiger partial charge in [0.25, 0.3) is 5.89 Å². The maximum absolute atomic E-state index is 5.59. The molecule has 10 heteroatoms. The largest absolute Gasteiger partial charge is 0.419 e. The van der Waals surface area contributed by atoms with Crippen molar-refractivity contribution in [1.29, 1.82) is 0 Å². The maximum atomic E-state index is 5.59. The molecule has 0 aliphatic rings. The fourth-order valence-corrected chi connectivity index (χ4v) is 3.30. The van der Waals surface area contributed by atoms with E-state index < -0.39 is 0 Å². The van der Waals surface area contributed by atoms with E-state index in [0.717, 1.165) is 8.66 Å². The lowest BCUT2D eigenvalue weighted by Crippen LogP contribution is -1.93. The molecule has 0 atom stereocenters. The van der Waals surface area contributed by atoms with E-state index in [1.165, 1.54) is 11.8 Å². The summed E-state index contributed by atoms with van der Waals surface area (Å²) in [6.45, 7) is 0. The standard InChI is InChI=1S/C9H7BrN6OS2/c1-16-9(13-14-15-16)18-4-7-11-12-8(17-7)5-2-3-6(10)19-5/h2-3H,4H2,1H3. The molecule has 0 bridgehead atoms. The average molecular weight is 359 g/mol. The third kappa shape index (κ3) is 2.85. The van der Waals surface area contributed by atoms with Gasteiger partial charge < -0.3 is 4.42 Å². The van der Waals surface area contributed by atoms with E-state index in [2.05, 4.69) is 41.7 Å². The van der Waals surface area contributed by atoms with Gasteiger partial charge in [-0.25, -0.2) is 4.68 Å². The Bertz CT molecular complexity index is 692. The van der Waals surface area contributed by atoms with Crippen molar-refractivity contribution in [2.24, 2.45) is 7.05 Å². The highest BCUT2D eigenvalue weighted by molar-refractivity contribution is 9.11. The first kappa shape index (κ1) is 12.8. The van der Waals surface area contributed by atoms with Gasteiger partial charge in [0.15, 0.2) is 0 Å². The first-order valence-corrected chi connectivity index (χ1v) is 7.75. The number of tetrazole rings is 1. The molecular weight excluding hydrogens is 352 g/mol. The van der Waals surface area contributed by atoms with E-state index in [9.17, 15) is 0 Å². The molecular formula is C9H7BrN6OS2. The summed E-state index contributed by atoms with van der Waals surface area (Å²) in [6, 6.07) is 3.88. The summed E-state index contributed by atoms with van der Waals surface area (Å²) < 4.78 is 8.21. The maximum Gasteiger partial charge on any atom is 0.257 e. The number of nitrogens with zero attached hydrogens (tertiary/aromatic N) is 6. The Morgan fingerprint density at radius 2 is 2.26 bits per heavy atom. The van der Waals surface area contributed by atoms with Crippen molar-refractivity contribution < 1.29 is 4.42 Å². The number of hydrogen-bond donors (Lipinski definition) is 0. The summed E-state index contributed by atoms with van der Waals surface area (Å²) >= 11 is 6.40. The number of aryl methyl sites for hydroxylation is 1. The summed E-state index contributed by atoms with van der Waals surface area (Å²) in [5, 5.41) is 19.9. The minimum absolute atomic E-state index is 0.530. The van der Waals surface area contributed by atoms with Crippen LogP contribution in [0.2, 0.25) is 0 Å². The number of hydrogen-bond acceptors (Lipinski definition) is 8. The molecule has 0 aliphatic heterocycles. The Kier molecular flexibility index (Phi) is 3.62. The van der Waals surface area contributed by atoms with E-state index in [0.29, 0.717) is 22.7 Å². The van der Waals surface area contributed by atoms with Crippen molar-refractivity contribution in [3.63, 3.8) is 0 Å². The second-order valence-corrected chi connectivity index (χ2v) is 6.88. The van der Waals surface area contributed by atoms with Crippen LogP contribution in [0.5, 0.6) is 0 Å². The second-order valence-electron chi connectivity index (χ2n) is 3.48. The summed E-state index contributed by atoms with van der Waals surface area (Å²) in [5.74, 6) is 1.61. The molecule has 3 rings (SSSR count). The third-order valence-electron chi connectivity index (χ3n) is 2.16. The molecule has 0 aromatic carbocycles. The molecule has 0 radical (unpaired) electrons. The molecule has 0 N–H and O–H groups in total. The van der Waals surface area contributed by atoms with Crippen LogP contribution >= 0.6 is 39.0 Å². The topological polar surface area (TPSA) is 82.5 Å². The molecule has 0 saturated carbocycles. The number of thiophene rings is 1. The van der Waals surface area contributed by atoms with Crippen LogP contribution in [0.1, 0.15) is 5.89 Å². The van der Waals surface area contributed by atoms with E-state index in [-0.39, 0.29) is 0 Å². The van der Waals surface area contributed by atoms with Gasteiger partial charge in [-0.15, -0.1) is 26.6 Å². The van der Waals surface area contributed by atoms with Gasteiger partial charge in [0.05, 0.1) is 14.4 Å². The van der Waals surface area contributed by atoms with Crippen LogP contribution in [-0.2, 0) is 12.8 Å². The van der Waals surface area contributed by atoms with Crippen LogP contribution in [0, 0.1) is 0 Å². The summed E-state index contributed by atoms with van der Waals surface area (Å²) in [5.41, 5.74) is 0. The second kappa shape index (κ2) is 5.39. The first-order valence-electron chi connectivity index (χ1n) is 5.15. The molecule has 0 fully saturated rings. The lowest BCUT2D eigenvalue weighted by atomic mass is 10.5. The Morgan fingerprint density at radius 3 is 2.95 bits per heavy atom. The van der Waals surface area contributed by atoms with Gasteiger partial charge in [0.2, 0.25) is 11.0 Å². The summed E-state index contributed by atoms with van der Waals surface area (Å²) in [4.78, 5) is 0.941. The smallest absolute Gasteiger partial charge is 0.257 e. The zero-order chi connectivity index (χ0) is 13.2. The third-order valence-corrected chi connectivity index (χ3v) is 4.76. The Morgan fingerprint density at radius 1 is 1.37 bits per heavy atom. The van der Waals surface area contributed by atoms with Crippen molar-refractivity contribution in [1.82, 2.24) is 30.4 Å². The van der Waals surface area contributed by atoms with Gasteiger partial charge in [-0.3, -0.25) is 0 Å². The average Bonchev–Trinajstić information content (AvgIpc) is 3.08. The molecule has 3 aromatic heterocycles. The van der Waals surface area contributed by atoms with Crippen LogP contribution in [0.25, 0.3) is 10.8 Å². The minimum atomic E-state index is 0.530. The van der Waals surface area contributed by atoms with Crippen molar-refractivity contribution in [3.8, 4) is 10.8 Å². The molecule has 0 aliphatic carbocycles. The minimum Gasteiger partial charge on any atom is -0.419 e. The number of halogens is 1. The van der Waals surface area contributed by atoms with E-state index in [1.54, 1.807) is 23.1 Å². The SMILES string of the molecule is Cn1nnnc1SCc1nnc(-c2ccc(Br)s2)o1. The predicted octanol–water partition coefficient (Wildman–Crippen LogP) is 2.38. The molecule has 3 aromatic rings. The van der Waals surface area contributed by atoms with Gasteiger partial charge in [-0.05, 0) is 38.5 Å². The van der Waals surface area contributed by atoms with E-state index in [1.807, 2.05) is 12.1 Å². The van der Waals surface area contributed by atoms with E-state index in [4.69, 9.17) is 4.42 Å². The van der Waals surface area contributed by atoms with Crippen LogP contribution in [0.4, 0.5) is 0 Å². The summed E-state index contributed by atoms with van der Waals surface area (Å²) in [7, 11) is 1.78. The van der Waals surface area contributed by atoms with Crippen LogP contribution in [0.3, 0.4) is 0 Å². The molecule has 0 unspecified atom stereocenters. The van der Waals surface area contributed by atoms with Gasteiger partial charge in [-0.2, -0.15) is 0 Å². The Balaban J connectivity index is 1.70. The van der Waals surface area contributed by atoms with Gasteiger partial charge in [-0.1, -0.05) is 11.8 Å². The molecule has 0 saturated heterocycles. The highest BCUT2D eigenvalue weighted by atomic mass is 79.9. The number of thioether (sulfide) groups is 1. The molecule has 7 nitrogen and oxygen atoms in total. The van der Waals surface area contributed by atoms with Crippen LogP contribution in [0.15, 0.2) is 25.5 Å². The van der Waals surface area contributed by atoms with Crippen molar-refractivity contribution in [2.75, 3.05) is 0 Å². The zero-order valence-corrected chi connectivity index (χ0v) is 12.9. The normalized spacial score (nSPS) is 11.1. The van der Waals surface area contributed by atoms with Gasteiger partial charge in [0, 0.05) is 7.05 Å². The highest BCUT2D eigenvalue weighted by Gasteiger charge is 2.12. The van der Waals surface area contributed by atoms with Crippen LogP contribution in [-0.4, -0.2) is 30.4 Å².